The van der Waals surface area contributed by atoms with Gasteiger partial charge in [-0.15, -0.1) is 0 Å². The minimum atomic E-state index is -5.82. The fourth-order valence-electron chi connectivity index (χ4n) is 3.52. The lowest BCUT2D eigenvalue weighted by atomic mass is 9.67. The molecule has 0 aromatic carbocycles. The Morgan fingerprint density at radius 2 is 1.28 bits per heavy atom. The largest absolute Gasteiger partial charge is 0.458 e. The van der Waals surface area contributed by atoms with Crippen LogP contribution in [0.4, 0.5) is 26.3 Å². The summed E-state index contributed by atoms with van der Waals surface area (Å²) in [6.45, 7) is 15.2. The smallest absolute Gasteiger partial charge is 0.434 e. The molecule has 0 saturated heterocycles. The second-order valence-electron chi connectivity index (χ2n) is 10.1. The second kappa shape index (κ2) is 10.2. The highest BCUT2D eigenvalue weighted by Gasteiger charge is 2.60. The van der Waals surface area contributed by atoms with Crippen molar-refractivity contribution in [2.75, 3.05) is 0 Å². The number of hydrogen-bond acceptors (Lipinski definition) is 4. The number of carbonyl (C=O) groups is 2. The number of esters is 2. The fourth-order valence-corrected chi connectivity index (χ4v) is 3.52. The van der Waals surface area contributed by atoms with E-state index in [1.165, 1.54) is 20.8 Å². The Morgan fingerprint density at radius 3 is 1.59 bits per heavy atom. The number of rotatable bonds is 10. The molecule has 4 nitrogen and oxygen atoms in total. The maximum atomic E-state index is 13.2. The summed E-state index contributed by atoms with van der Waals surface area (Å²) in [6, 6.07) is 0. The summed E-state index contributed by atoms with van der Waals surface area (Å²) in [5.41, 5.74) is -2.91. The van der Waals surface area contributed by atoms with Crippen LogP contribution in [0.5, 0.6) is 0 Å². The van der Waals surface area contributed by atoms with Gasteiger partial charge < -0.3 is 9.47 Å². The maximum absolute atomic E-state index is 13.2. The summed E-state index contributed by atoms with van der Waals surface area (Å²) in [5, 5.41) is 0. The van der Waals surface area contributed by atoms with Gasteiger partial charge in [0.2, 0.25) is 0 Å². The van der Waals surface area contributed by atoms with E-state index in [0.29, 0.717) is 6.42 Å². The highest BCUT2D eigenvalue weighted by molar-refractivity contribution is 5.79. The SMILES string of the molecule is CCC(C(=O)OC(C(F)(F)F)C(F)(F)F)C(C)(C)OC(=O)C(C)(CC(C)(C)CC)C(C)C. The fraction of sp³-hybridized carbons (Fsp3) is 0.909. The zero-order valence-electron chi connectivity index (χ0n) is 20.3. The van der Waals surface area contributed by atoms with Gasteiger partial charge in [0.25, 0.3) is 6.10 Å². The van der Waals surface area contributed by atoms with Gasteiger partial charge in [0.1, 0.15) is 5.60 Å². The summed E-state index contributed by atoms with van der Waals surface area (Å²) in [4.78, 5) is 25.5. The Labute approximate surface area is 186 Å². The van der Waals surface area contributed by atoms with Gasteiger partial charge in [-0.1, -0.05) is 48.0 Å². The Balaban J connectivity index is 5.85. The molecule has 0 fully saturated rings. The first-order chi connectivity index (χ1) is 14.0. The Morgan fingerprint density at radius 1 is 0.844 bits per heavy atom. The molecule has 0 aromatic rings. The van der Waals surface area contributed by atoms with Crippen LogP contribution in [-0.2, 0) is 19.1 Å². The van der Waals surface area contributed by atoms with E-state index in [0.717, 1.165) is 6.42 Å². The number of ether oxygens (including phenoxy) is 2. The third-order valence-electron chi connectivity index (χ3n) is 6.26. The zero-order valence-corrected chi connectivity index (χ0v) is 20.3. The molecule has 10 heteroatoms. The molecule has 2 unspecified atom stereocenters. The van der Waals surface area contributed by atoms with E-state index in [2.05, 4.69) is 4.74 Å². The Kier molecular flexibility index (Phi) is 9.73. The summed E-state index contributed by atoms with van der Waals surface area (Å²) in [6.07, 6.45) is -14.9. The normalized spacial score (nSPS) is 16.7. The third kappa shape index (κ3) is 7.83. The summed E-state index contributed by atoms with van der Waals surface area (Å²) in [5.74, 6) is -4.11. The third-order valence-corrected chi connectivity index (χ3v) is 6.26. The highest BCUT2D eigenvalue weighted by Crippen LogP contribution is 2.44. The van der Waals surface area contributed by atoms with Crippen molar-refractivity contribution in [1.82, 2.24) is 0 Å². The maximum Gasteiger partial charge on any atom is 0.434 e. The summed E-state index contributed by atoms with van der Waals surface area (Å²) < 4.78 is 86.3. The monoisotopic (exact) mass is 478 g/mol. The molecule has 0 aliphatic carbocycles. The summed E-state index contributed by atoms with van der Waals surface area (Å²) >= 11 is 0. The first-order valence-corrected chi connectivity index (χ1v) is 10.6. The van der Waals surface area contributed by atoms with Crippen molar-refractivity contribution in [3.63, 3.8) is 0 Å². The topological polar surface area (TPSA) is 52.6 Å². The van der Waals surface area contributed by atoms with Crippen molar-refractivity contribution >= 4 is 11.9 Å². The van der Waals surface area contributed by atoms with Gasteiger partial charge in [-0.2, -0.15) is 26.3 Å². The van der Waals surface area contributed by atoms with Crippen LogP contribution in [0.2, 0.25) is 0 Å². The van der Waals surface area contributed by atoms with Crippen molar-refractivity contribution in [1.29, 1.82) is 0 Å². The van der Waals surface area contributed by atoms with Crippen LogP contribution in [0.15, 0.2) is 0 Å². The molecule has 0 spiro atoms. The van der Waals surface area contributed by atoms with E-state index in [1.54, 1.807) is 6.92 Å². The van der Waals surface area contributed by atoms with Gasteiger partial charge in [-0.3, -0.25) is 9.59 Å². The Bertz CT molecular complexity index is 638. The first-order valence-electron chi connectivity index (χ1n) is 10.6. The van der Waals surface area contributed by atoms with Gasteiger partial charge in [0, 0.05) is 0 Å². The van der Waals surface area contributed by atoms with Crippen molar-refractivity contribution in [3.05, 3.63) is 0 Å². The molecule has 0 heterocycles. The van der Waals surface area contributed by atoms with Crippen molar-refractivity contribution in [2.24, 2.45) is 22.7 Å². The molecule has 0 saturated carbocycles. The average molecular weight is 479 g/mol. The number of alkyl halides is 6. The van der Waals surface area contributed by atoms with Crippen LogP contribution < -0.4 is 0 Å². The molecule has 190 valence electrons. The number of halogens is 6. The van der Waals surface area contributed by atoms with Crippen LogP contribution >= 0.6 is 0 Å². The molecule has 0 rings (SSSR count). The Hall–Kier alpha value is -1.48. The number of carbonyl (C=O) groups excluding carboxylic acids is 2. The van der Waals surface area contributed by atoms with Gasteiger partial charge in [-0.05, 0) is 44.9 Å². The lowest BCUT2D eigenvalue weighted by Gasteiger charge is -2.41. The van der Waals surface area contributed by atoms with E-state index in [9.17, 15) is 35.9 Å². The van der Waals surface area contributed by atoms with Gasteiger partial charge >= 0.3 is 24.3 Å². The predicted octanol–water partition coefficient (Wildman–Crippen LogP) is 6.86. The van der Waals surface area contributed by atoms with E-state index >= 15 is 0 Å². The summed E-state index contributed by atoms with van der Waals surface area (Å²) in [7, 11) is 0. The van der Waals surface area contributed by atoms with Gasteiger partial charge in [0.05, 0.1) is 11.3 Å². The minimum absolute atomic E-state index is 0.177. The van der Waals surface area contributed by atoms with Crippen LogP contribution in [-0.4, -0.2) is 36.0 Å². The predicted molar refractivity (Wildman–Crippen MR) is 108 cm³/mol. The van der Waals surface area contributed by atoms with E-state index in [4.69, 9.17) is 4.74 Å². The molecule has 0 aromatic heterocycles. The molecule has 32 heavy (non-hydrogen) atoms. The van der Waals surface area contributed by atoms with Gasteiger partial charge in [0.15, 0.2) is 0 Å². The molecule has 2 atom stereocenters. The second-order valence-corrected chi connectivity index (χ2v) is 10.1. The first kappa shape index (κ1) is 30.5. The van der Waals surface area contributed by atoms with E-state index < -0.39 is 47.3 Å². The zero-order chi connectivity index (χ0) is 25.9. The molecule has 0 N–H and O–H groups in total. The lowest BCUT2D eigenvalue weighted by molar-refractivity contribution is -0.315. The quantitative estimate of drug-likeness (QED) is 0.254. The van der Waals surface area contributed by atoms with Crippen LogP contribution in [0, 0.1) is 22.7 Å². The van der Waals surface area contributed by atoms with Crippen molar-refractivity contribution < 1.29 is 45.4 Å². The van der Waals surface area contributed by atoms with Crippen molar-refractivity contribution in [3.8, 4) is 0 Å². The van der Waals surface area contributed by atoms with Crippen LogP contribution in [0.25, 0.3) is 0 Å². The molecule has 0 aliphatic heterocycles. The standard InChI is InChI=1S/C22H36F6O4/c1-10-14(15(29)31-16(21(23,24)25)22(26,27)28)19(7,8)32-17(30)20(9,13(3)4)12-18(5,6)11-2/h13-14,16H,10-12H2,1-9H3. The van der Waals surface area contributed by atoms with E-state index in [1.807, 2.05) is 34.6 Å². The highest BCUT2D eigenvalue weighted by atomic mass is 19.4. The molecular formula is C22H36F6O4. The van der Waals surface area contributed by atoms with Crippen LogP contribution in [0.1, 0.15) is 81.6 Å². The van der Waals surface area contributed by atoms with Crippen molar-refractivity contribution in [2.45, 2.75) is 106 Å². The molecular weight excluding hydrogens is 442 g/mol. The molecule has 0 amide bonds. The van der Waals surface area contributed by atoms with E-state index in [-0.39, 0.29) is 17.8 Å². The molecule has 0 bridgehead atoms. The average Bonchev–Trinajstić information content (AvgIpc) is 2.56. The van der Waals surface area contributed by atoms with Crippen LogP contribution in [0.3, 0.4) is 0 Å². The van der Waals surface area contributed by atoms with Gasteiger partial charge in [-0.25, -0.2) is 0 Å². The number of hydrogen-bond donors (Lipinski definition) is 0. The molecule has 0 aliphatic rings. The molecule has 0 radical (unpaired) electrons. The minimum Gasteiger partial charge on any atom is -0.458 e. The lowest BCUT2D eigenvalue weighted by Crippen LogP contribution is -2.51.